The quantitative estimate of drug-likeness (QED) is 0.721. The van der Waals surface area contributed by atoms with Crippen molar-refractivity contribution in [3.05, 3.63) is 59.7 Å². The van der Waals surface area contributed by atoms with Crippen LogP contribution in [0.2, 0.25) is 0 Å². The standard InChI is InChI=1S/C14H17O3P/c1-11-5-3-7-13(9-11)18(15,16,17)14-8-4-6-12(2)10-14/h3-10,15-17H,1-2H3. The Morgan fingerprint density at radius 2 is 1.11 bits per heavy atom. The Kier molecular flexibility index (Phi) is 3.04. The van der Waals surface area contributed by atoms with E-state index in [-0.39, 0.29) is 10.6 Å². The molecule has 0 aliphatic carbocycles. The molecule has 96 valence electrons. The van der Waals surface area contributed by atoms with Crippen LogP contribution in [0.1, 0.15) is 11.1 Å². The van der Waals surface area contributed by atoms with E-state index in [0.29, 0.717) is 0 Å². The van der Waals surface area contributed by atoms with Crippen LogP contribution in [0.15, 0.2) is 48.5 Å². The van der Waals surface area contributed by atoms with Crippen molar-refractivity contribution in [2.24, 2.45) is 0 Å². The molecule has 0 saturated heterocycles. The number of hydrogen-bond acceptors (Lipinski definition) is 3. The molecule has 0 spiro atoms. The summed E-state index contributed by atoms with van der Waals surface area (Å²) in [5.74, 6) is 0. The van der Waals surface area contributed by atoms with Gasteiger partial charge < -0.3 is 0 Å². The van der Waals surface area contributed by atoms with Crippen molar-refractivity contribution in [1.82, 2.24) is 0 Å². The third-order valence-electron chi connectivity index (χ3n) is 2.95. The summed E-state index contributed by atoms with van der Waals surface area (Å²) in [4.78, 5) is 31.2. The Bertz CT molecular complexity index is 535. The van der Waals surface area contributed by atoms with Crippen LogP contribution in [0.5, 0.6) is 0 Å². The first-order valence-corrected chi connectivity index (χ1v) is 7.78. The van der Waals surface area contributed by atoms with Crippen LogP contribution < -0.4 is 10.6 Å². The SMILES string of the molecule is Cc1cccc(P(O)(O)(O)c2cccc(C)c2)c1. The van der Waals surface area contributed by atoms with Crippen LogP contribution in [-0.4, -0.2) is 14.7 Å². The topological polar surface area (TPSA) is 60.7 Å². The number of aryl methyl sites for hydroxylation is 2. The van der Waals surface area contributed by atoms with Crippen LogP contribution in [0.25, 0.3) is 0 Å². The predicted octanol–water partition coefficient (Wildman–Crippen LogP) is 1.53. The first kappa shape index (κ1) is 13.2. The third-order valence-corrected chi connectivity index (χ3v) is 5.41. The summed E-state index contributed by atoms with van der Waals surface area (Å²) in [6, 6.07) is 13.3. The zero-order chi connectivity index (χ0) is 13.4. The van der Waals surface area contributed by atoms with Crippen LogP contribution in [0, 0.1) is 13.8 Å². The third kappa shape index (κ3) is 2.31. The molecule has 4 heteroatoms. The fraction of sp³-hybridized carbons (Fsp3) is 0.143. The Morgan fingerprint density at radius 3 is 1.44 bits per heavy atom. The molecule has 0 heterocycles. The van der Waals surface area contributed by atoms with Crippen molar-refractivity contribution in [2.45, 2.75) is 13.8 Å². The average molecular weight is 264 g/mol. The Balaban J connectivity index is 2.64. The molecule has 0 fully saturated rings. The van der Waals surface area contributed by atoms with E-state index in [1.807, 2.05) is 26.0 Å². The van der Waals surface area contributed by atoms with Crippen LogP contribution in [0.4, 0.5) is 0 Å². The second kappa shape index (κ2) is 4.15. The molecule has 0 atom stereocenters. The number of benzene rings is 2. The molecular formula is C14H17O3P. The van der Waals surface area contributed by atoms with Gasteiger partial charge in [0.2, 0.25) is 0 Å². The molecule has 0 radical (unpaired) electrons. The molecule has 0 unspecified atom stereocenters. The molecule has 3 N–H and O–H groups in total. The van der Waals surface area contributed by atoms with Crippen molar-refractivity contribution in [1.29, 1.82) is 0 Å². The summed E-state index contributed by atoms with van der Waals surface area (Å²) < 4.78 is 0. The first-order chi connectivity index (χ1) is 8.28. The summed E-state index contributed by atoms with van der Waals surface area (Å²) in [6.07, 6.45) is 0. The van der Waals surface area contributed by atoms with Gasteiger partial charge in [-0.3, -0.25) is 0 Å². The predicted molar refractivity (Wildman–Crippen MR) is 75.2 cm³/mol. The summed E-state index contributed by atoms with van der Waals surface area (Å²) >= 11 is 0. The van der Waals surface area contributed by atoms with Crippen LogP contribution in [-0.2, 0) is 0 Å². The summed E-state index contributed by atoms with van der Waals surface area (Å²) in [6.45, 7) is 3.68. The number of rotatable bonds is 2. The minimum absolute atomic E-state index is 0.159. The van der Waals surface area contributed by atoms with Crippen LogP contribution in [0.3, 0.4) is 0 Å². The van der Waals surface area contributed by atoms with Gasteiger partial charge in [0.1, 0.15) is 0 Å². The fourth-order valence-electron chi connectivity index (χ4n) is 1.92. The Labute approximate surface area is 107 Å². The Morgan fingerprint density at radius 1 is 0.722 bits per heavy atom. The van der Waals surface area contributed by atoms with Gasteiger partial charge in [-0.05, 0) is 0 Å². The fourth-order valence-corrected chi connectivity index (χ4v) is 3.82. The van der Waals surface area contributed by atoms with Gasteiger partial charge >= 0.3 is 106 Å². The normalized spacial score (nSPS) is 13.9. The molecule has 2 rings (SSSR count). The van der Waals surface area contributed by atoms with Crippen molar-refractivity contribution >= 4 is 17.9 Å². The molecule has 0 amide bonds. The van der Waals surface area contributed by atoms with Gasteiger partial charge in [-0.15, -0.1) is 0 Å². The van der Waals surface area contributed by atoms with E-state index in [1.54, 1.807) is 24.3 Å². The molecule has 3 nitrogen and oxygen atoms in total. The minimum atomic E-state index is -5.00. The average Bonchev–Trinajstić information content (AvgIpc) is 2.28. The van der Waals surface area contributed by atoms with E-state index in [0.717, 1.165) is 11.1 Å². The maximum atomic E-state index is 10.4. The summed E-state index contributed by atoms with van der Waals surface area (Å²) in [5, 5.41) is 0.318. The van der Waals surface area contributed by atoms with E-state index in [4.69, 9.17) is 0 Å². The molecule has 18 heavy (non-hydrogen) atoms. The summed E-state index contributed by atoms with van der Waals surface area (Å²) in [7, 11) is -5.00. The Hall–Kier alpha value is -1.25. The van der Waals surface area contributed by atoms with Gasteiger partial charge in [-0.25, -0.2) is 0 Å². The second-order valence-corrected chi connectivity index (χ2v) is 7.65. The van der Waals surface area contributed by atoms with E-state index < -0.39 is 7.28 Å². The van der Waals surface area contributed by atoms with Gasteiger partial charge in [0, 0.05) is 0 Å². The van der Waals surface area contributed by atoms with E-state index >= 15 is 0 Å². The second-order valence-electron chi connectivity index (χ2n) is 4.66. The molecule has 0 aromatic heterocycles. The molecule has 0 aliphatic rings. The molecule has 2 aromatic carbocycles. The van der Waals surface area contributed by atoms with Gasteiger partial charge in [0.15, 0.2) is 0 Å². The van der Waals surface area contributed by atoms with Gasteiger partial charge in [-0.1, -0.05) is 0 Å². The first-order valence-electron chi connectivity index (χ1n) is 5.69. The van der Waals surface area contributed by atoms with E-state index in [1.165, 1.54) is 12.1 Å². The molecular weight excluding hydrogens is 247 g/mol. The van der Waals surface area contributed by atoms with Gasteiger partial charge in [-0.2, -0.15) is 0 Å². The van der Waals surface area contributed by atoms with Crippen LogP contribution >= 0.6 is 7.28 Å². The van der Waals surface area contributed by atoms with Crippen molar-refractivity contribution in [3.8, 4) is 0 Å². The molecule has 0 aliphatic heterocycles. The zero-order valence-corrected chi connectivity index (χ0v) is 11.3. The maximum absolute atomic E-state index is 10.4. The van der Waals surface area contributed by atoms with Crippen molar-refractivity contribution in [2.75, 3.05) is 0 Å². The van der Waals surface area contributed by atoms with Gasteiger partial charge in [0.25, 0.3) is 0 Å². The van der Waals surface area contributed by atoms with Gasteiger partial charge in [0.05, 0.1) is 0 Å². The molecule has 0 bridgehead atoms. The van der Waals surface area contributed by atoms with Crippen molar-refractivity contribution in [3.63, 3.8) is 0 Å². The number of hydrogen-bond donors (Lipinski definition) is 3. The molecule has 0 saturated carbocycles. The molecule has 2 aromatic rings. The zero-order valence-electron chi connectivity index (χ0n) is 10.4. The van der Waals surface area contributed by atoms with E-state index in [9.17, 15) is 14.7 Å². The van der Waals surface area contributed by atoms with Crippen molar-refractivity contribution < 1.29 is 14.7 Å². The monoisotopic (exact) mass is 264 g/mol. The summed E-state index contributed by atoms with van der Waals surface area (Å²) in [5.41, 5.74) is 1.73. The van der Waals surface area contributed by atoms with E-state index in [2.05, 4.69) is 0 Å².